The van der Waals surface area contributed by atoms with Crippen molar-refractivity contribution in [2.24, 2.45) is 0 Å². The van der Waals surface area contributed by atoms with Crippen molar-refractivity contribution in [2.75, 3.05) is 19.0 Å². The van der Waals surface area contributed by atoms with Gasteiger partial charge in [0.2, 0.25) is 5.88 Å². The topological polar surface area (TPSA) is 54.4 Å². The number of methoxy groups -OCH3 is 1. The predicted molar refractivity (Wildman–Crippen MR) is 83.5 cm³/mol. The van der Waals surface area contributed by atoms with Crippen LogP contribution < -0.4 is 10.1 Å². The van der Waals surface area contributed by atoms with Gasteiger partial charge < -0.3 is 15.2 Å². The van der Waals surface area contributed by atoms with Gasteiger partial charge in [-0.25, -0.2) is 4.98 Å². The molecule has 4 nitrogen and oxygen atoms in total. The lowest BCUT2D eigenvalue weighted by atomic mass is 10.00. The monoisotopic (exact) mass is 336 g/mol. The van der Waals surface area contributed by atoms with E-state index in [9.17, 15) is 5.11 Å². The third kappa shape index (κ3) is 3.63. The number of ether oxygens (including phenoxy) is 1. The number of nitrogens with one attached hydrogen (secondary N) is 1. The molecule has 0 saturated heterocycles. The van der Waals surface area contributed by atoms with Crippen molar-refractivity contribution in [1.82, 2.24) is 4.98 Å². The molecule has 1 aromatic carbocycles. The Labute approximate surface area is 126 Å². The minimum atomic E-state index is 0.189. The van der Waals surface area contributed by atoms with Crippen LogP contribution in [0, 0.1) is 0 Å². The average Bonchev–Trinajstić information content (AvgIpc) is 2.44. The van der Waals surface area contributed by atoms with Crippen LogP contribution in [0.1, 0.15) is 18.4 Å². The first-order valence-electron chi connectivity index (χ1n) is 6.33. The van der Waals surface area contributed by atoms with Crippen molar-refractivity contribution in [2.45, 2.75) is 12.8 Å². The summed E-state index contributed by atoms with van der Waals surface area (Å²) in [5, 5.41) is 13.2. The van der Waals surface area contributed by atoms with Crippen molar-refractivity contribution < 1.29 is 9.84 Å². The number of phenols is 1. The summed E-state index contributed by atoms with van der Waals surface area (Å²) < 4.78 is 5.84. The van der Waals surface area contributed by atoms with E-state index in [-0.39, 0.29) is 5.92 Å². The summed E-state index contributed by atoms with van der Waals surface area (Å²) in [6.45, 7) is 2.77. The Hall–Kier alpha value is -1.75. The summed E-state index contributed by atoms with van der Waals surface area (Å²) in [7, 11) is 1.59. The van der Waals surface area contributed by atoms with Crippen LogP contribution in [-0.2, 0) is 0 Å². The van der Waals surface area contributed by atoms with E-state index in [4.69, 9.17) is 4.74 Å². The summed E-state index contributed by atoms with van der Waals surface area (Å²) >= 11 is 3.35. The molecule has 0 bridgehead atoms. The van der Waals surface area contributed by atoms with E-state index in [1.54, 1.807) is 13.2 Å². The van der Waals surface area contributed by atoms with E-state index in [1.807, 2.05) is 30.3 Å². The number of aromatic hydroxyl groups is 1. The van der Waals surface area contributed by atoms with E-state index in [0.717, 1.165) is 15.9 Å². The number of benzene rings is 1. The highest BCUT2D eigenvalue weighted by Crippen LogP contribution is 2.26. The molecule has 1 aromatic heterocycles. The fourth-order valence-corrected chi connectivity index (χ4v) is 2.39. The third-order valence-electron chi connectivity index (χ3n) is 3.06. The van der Waals surface area contributed by atoms with Crippen LogP contribution in [0.25, 0.3) is 0 Å². The number of anilines is 1. The number of halogens is 1. The summed E-state index contributed by atoms with van der Waals surface area (Å²) in [5.74, 6) is 1.07. The van der Waals surface area contributed by atoms with Crippen molar-refractivity contribution in [3.63, 3.8) is 0 Å². The van der Waals surface area contributed by atoms with Gasteiger partial charge in [0.15, 0.2) is 0 Å². The van der Waals surface area contributed by atoms with Crippen molar-refractivity contribution in [3.05, 3.63) is 46.6 Å². The quantitative estimate of drug-likeness (QED) is 0.816. The maximum Gasteiger partial charge on any atom is 0.216 e. The van der Waals surface area contributed by atoms with Gasteiger partial charge in [-0.3, -0.25) is 0 Å². The van der Waals surface area contributed by atoms with Crippen molar-refractivity contribution in [1.29, 1.82) is 0 Å². The van der Waals surface area contributed by atoms with Gasteiger partial charge in [0.1, 0.15) is 10.4 Å². The Morgan fingerprint density at radius 3 is 2.80 bits per heavy atom. The van der Waals surface area contributed by atoms with Crippen LogP contribution in [0.2, 0.25) is 0 Å². The van der Waals surface area contributed by atoms with Crippen LogP contribution in [0.5, 0.6) is 11.6 Å². The highest BCUT2D eigenvalue weighted by Gasteiger charge is 2.10. The fourth-order valence-electron chi connectivity index (χ4n) is 1.96. The molecule has 0 spiro atoms. The zero-order chi connectivity index (χ0) is 14.5. The number of pyridine rings is 1. The number of aromatic nitrogens is 1. The van der Waals surface area contributed by atoms with Gasteiger partial charge in [0.25, 0.3) is 0 Å². The zero-order valence-corrected chi connectivity index (χ0v) is 13.0. The van der Waals surface area contributed by atoms with Gasteiger partial charge in [0.05, 0.1) is 7.11 Å². The van der Waals surface area contributed by atoms with E-state index in [2.05, 4.69) is 33.2 Å². The second-order valence-corrected chi connectivity index (χ2v) is 5.37. The van der Waals surface area contributed by atoms with Crippen LogP contribution in [0.4, 0.5) is 5.69 Å². The Balaban J connectivity index is 2.05. The average molecular weight is 337 g/mol. The molecule has 1 atom stereocenters. The first-order valence-corrected chi connectivity index (χ1v) is 7.13. The SMILES string of the molecule is COc1cc(NCC(C)c2ccccc2O)cc(Br)n1. The van der Waals surface area contributed by atoms with Crippen LogP contribution >= 0.6 is 15.9 Å². The Kier molecular flexibility index (Phi) is 4.84. The molecule has 20 heavy (non-hydrogen) atoms. The minimum Gasteiger partial charge on any atom is -0.508 e. The number of nitrogens with zero attached hydrogens (tertiary/aromatic N) is 1. The second-order valence-electron chi connectivity index (χ2n) is 4.56. The summed E-state index contributed by atoms with van der Waals surface area (Å²) in [4.78, 5) is 4.17. The van der Waals surface area contributed by atoms with Gasteiger partial charge in [-0.2, -0.15) is 0 Å². The predicted octanol–water partition coefficient (Wildman–Crippen LogP) is 3.77. The van der Waals surface area contributed by atoms with Gasteiger partial charge in [-0.1, -0.05) is 25.1 Å². The molecule has 2 rings (SSSR count). The lowest BCUT2D eigenvalue weighted by Crippen LogP contribution is -2.10. The van der Waals surface area contributed by atoms with Crippen molar-refractivity contribution >= 4 is 21.6 Å². The molecule has 1 heterocycles. The van der Waals surface area contributed by atoms with E-state index >= 15 is 0 Å². The molecule has 0 aliphatic heterocycles. The Bertz CT molecular complexity index is 590. The van der Waals surface area contributed by atoms with Crippen LogP contribution in [0.3, 0.4) is 0 Å². The lowest BCUT2D eigenvalue weighted by molar-refractivity contribution is 0.397. The largest absolute Gasteiger partial charge is 0.508 e. The molecule has 5 heteroatoms. The van der Waals surface area contributed by atoms with E-state index < -0.39 is 0 Å². The fraction of sp³-hybridized carbons (Fsp3) is 0.267. The maximum absolute atomic E-state index is 9.84. The number of para-hydroxylation sites is 1. The minimum absolute atomic E-state index is 0.189. The highest BCUT2D eigenvalue weighted by molar-refractivity contribution is 9.10. The number of hydrogen-bond donors (Lipinski definition) is 2. The highest BCUT2D eigenvalue weighted by atomic mass is 79.9. The molecule has 0 radical (unpaired) electrons. The van der Waals surface area contributed by atoms with Gasteiger partial charge >= 0.3 is 0 Å². The Morgan fingerprint density at radius 1 is 1.35 bits per heavy atom. The summed E-state index contributed by atoms with van der Waals surface area (Å²) in [6.07, 6.45) is 0. The Morgan fingerprint density at radius 2 is 2.10 bits per heavy atom. The molecule has 0 saturated carbocycles. The molecule has 2 aromatic rings. The van der Waals surface area contributed by atoms with Crippen molar-refractivity contribution in [3.8, 4) is 11.6 Å². The number of hydrogen-bond acceptors (Lipinski definition) is 4. The maximum atomic E-state index is 9.84. The van der Waals surface area contributed by atoms with Crippen LogP contribution in [-0.4, -0.2) is 23.7 Å². The molecule has 1 unspecified atom stereocenters. The summed E-state index contributed by atoms with van der Waals surface area (Å²) in [6, 6.07) is 11.1. The first-order chi connectivity index (χ1) is 9.60. The van der Waals surface area contributed by atoms with Gasteiger partial charge in [0, 0.05) is 24.2 Å². The van der Waals surface area contributed by atoms with E-state index in [1.165, 1.54) is 0 Å². The molecule has 2 N–H and O–H groups in total. The molecule has 0 amide bonds. The van der Waals surface area contributed by atoms with Gasteiger partial charge in [-0.15, -0.1) is 0 Å². The lowest BCUT2D eigenvalue weighted by Gasteiger charge is -2.15. The van der Waals surface area contributed by atoms with Gasteiger partial charge in [-0.05, 0) is 33.6 Å². The molecule has 106 valence electrons. The van der Waals surface area contributed by atoms with Crippen LogP contribution in [0.15, 0.2) is 41.0 Å². The second kappa shape index (κ2) is 6.61. The molecular formula is C15H17BrN2O2. The molecule has 0 aliphatic rings. The smallest absolute Gasteiger partial charge is 0.216 e. The number of phenolic OH excluding ortho intramolecular Hbond substituents is 1. The summed E-state index contributed by atoms with van der Waals surface area (Å²) in [5.41, 5.74) is 1.85. The zero-order valence-electron chi connectivity index (χ0n) is 11.4. The van der Waals surface area contributed by atoms with E-state index in [0.29, 0.717) is 18.2 Å². The first kappa shape index (κ1) is 14.7. The number of rotatable bonds is 5. The standard InChI is InChI=1S/C15H17BrN2O2/c1-10(12-5-3-4-6-13(12)19)9-17-11-7-14(16)18-15(8-11)20-2/h3-8,10,19H,9H2,1-2H3,(H,17,18). The molecular weight excluding hydrogens is 320 g/mol. The molecule has 0 fully saturated rings. The third-order valence-corrected chi connectivity index (χ3v) is 3.47. The normalized spacial score (nSPS) is 11.9. The molecule has 0 aliphatic carbocycles.